The van der Waals surface area contributed by atoms with Crippen LogP contribution in [0.4, 0.5) is 4.39 Å². The van der Waals surface area contributed by atoms with Crippen molar-refractivity contribution in [1.29, 1.82) is 0 Å². The lowest BCUT2D eigenvalue weighted by Gasteiger charge is -2.41. The molecule has 1 amide bonds. The SMILES string of the molecule is O=C1CNCCN1C1CCCN(Cc2cc(F)ccc2Cl)C1. The number of piperidine rings is 1. The van der Waals surface area contributed by atoms with E-state index in [4.69, 9.17) is 11.6 Å². The number of rotatable bonds is 3. The van der Waals surface area contributed by atoms with Crippen molar-refractivity contribution in [3.05, 3.63) is 34.6 Å². The number of benzene rings is 1. The van der Waals surface area contributed by atoms with E-state index in [0.29, 0.717) is 18.1 Å². The van der Waals surface area contributed by atoms with Crippen LogP contribution >= 0.6 is 11.6 Å². The summed E-state index contributed by atoms with van der Waals surface area (Å²) in [7, 11) is 0. The van der Waals surface area contributed by atoms with Gasteiger partial charge in [0.2, 0.25) is 5.91 Å². The van der Waals surface area contributed by atoms with Gasteiger partial charge in [0.25, 0.3) is 0 Å². The van der Waals surface area contributed by atoms with Crippen molar-refractivity contribution >= 4 is 17.5 Å². The second-order valence-electron chi connectivity index (χ2n) is 6.03. The molecule has 0 radical (unpaired) electrons. The molecule has 6 heteroatoms. The monoisotopic (exact) mass is 325 g/mol. The summed E-state index contributed by atoms with van der Waals surface area (Å²) in [4.78, 5) is 16.3. The molecular formula is C16H21ClFN3O. The van der Waals surface area contributed by atoms with Crippen molar-refractivity contribution in [1.82, 2.24) is 15.1 Å². The first-order valence-corrected chi connectivity index (χ1v) is 8.18. The number of hydrogen-bond acceptors (Lipinski definition) is 3. The van der Waals surface area contributed by atoms with Crippen LogP contribution in [0.2, 0.25) is 5.02 Å². The first-order chi connectivity index (χ1) is 10.6. The van der Waals surface area contributed by atoms with Crippen LogP contribution in [-0.4, -0.2) is 54.5 Å². The second kappa shape index (κ2) is 6.94. The molecular weight excluding hydrogens is 305 g/mol. The average Bonchev–Trinajstić information content (AvgIpc) is 2.52. The van der Waals surface area contributed by atoms with Crippen molar-refractivity contribution in [2.75, 3.05) is 32.7 Å². The van der Waals surface area contributed by atoms with Crippen molar-refractivity contribution in [3.8, 4) is 0 Å². The zero-order chi connectivity index (χ0) is 15.5. The van der Waals surface area contributed by atoms with Crippen LogP contribution in [0.1, 0.15) is 18.4 Å². The van der Waals surface area contributed by atoms with Crippen molar-refractivity contribution in [2.45, 2.75) is 25.4 Å². The topological polar surface area (TPSA) is 35.6 Å². The van der Waals surface area contributed by atoms with E-state index in [1.807, 2.05) is 4.90 Å². The van der Waals surface area contributed by atoms with Crippen molar-refractivity contribution < 1.29 is 9.18 Å². The molecule has 1 atom stereocenters. The number of nitrogens with one attached hydrogen (secondary N) is 1. The predicted octanol–water partition coefficient (Wildman–Crippen LogP) is 1.88. The summed E-state index contributed by atoms with van der Waals surface area (Å²) >= 11 is 6.16. The van der Waals surface area contributed by atoms with Crippen LogP contribution in [0.15, 0.2) is 18.2 Å². The quantitative estimate of drug-likeness (QED) is 0.921. The van der Waals surface area contributed by atoms with Gasteiger partial charge in [-0.2, -0.15) is 0 Å². The second-order valence-corrected chi connectivity index (χ2v) is 6.44. The van der Waals surface area contributed by atoms with E-state index in [1.165, 1.54) is 12.1 Å². The molecule has 0 bridgehead atoms. The van der Waals surface area contributed by atoms with Gasteiger partial charge >= 0.3 is 0 Å². The smallest absolute Gasteiger partial charge is 0.236 e. The minimum Gasteiger partial charge on any atom is -0.336 e. The molecule has 0 aliphatic carbocycles. The van der Waals surface area contributed by atoms with Gasteiger partial charge in [-0.3, -0.25) is 9.69 Å². The van der Waals surface area contributed by atoms with Crippen molar-refractivity contribution in [2.24, 2.45) is 0 Å². The Hall–Kier alpha value is -1.17. The van der Waals surface area contributed by atoms with E-state index < -0.39 is 0 Å². The van der Waals surface area contributed by atoms with Gasteiger partial charge in [-0.15, -0.1) is 0 Å². The lowest BCUT2D eigenvalue weighted by Crippen LogP contribution is -2.56. The Balaban J connectivity index is 1.65. The Bertz CT molecular complexity index is 554. The molecule has 1 aromatic carbocycles. The maximum absolute atomic E-state index is 13.4. The van der Waals surface area contributed by atoms with E-state index in [-0.39, 0.29) is 17.8 Å². The number of nitrogens with zero attached hydrogens (tertiary/aromatic N) is 2. The number of likely N-dealkylation sites (tertiary alicyclic amines) is 1. The van der Waals surface area contributed by atoms with Crippen LogP contribution in [0, 0.1) is 5.82 Å². The van der Waals surface area contributed by atoms with Gasteiger partial charge in [0.15, 0.2) is 0 Å². The maximum atomic E-state index is 13.4. The fraction of sp³-hybridized carbons (Fsp3) is 0.562. The summed E-state index contributed by atoms with van der Waals surface area (Å²) in [5, 5.41) is 3.70. The molecule has 2 aliphatic heterocycles. The summed E-state index contributed by atoms with van der Waals surface area (Å²) in [6.07, 6.45) is 2.09. The van der Waals surface area contributed by atoms with Crippen LogP contribution in [0.25, 0.3) is 0 Å². The largest absolute Gasteiger partial charge is 0.336 e. The lowest BCUT2D eigenvalue weighted by atomic mass is 10.0. The maximum Gasteiger partial charge on any atom is 0.236 e. The summed E-state index contributed by atoms with van der Waals surface area (Å²) in [6, 6.07) is 4.75. The molecule has 4 nitrogen and oxygen atoms in total. The molecule has 0 spiro atoms. The highest BCUT2D eigenvalue weighted by molar-refractivity contribution is 6.31. The number of carbonyl (C=O) groups is 1. The fourth-order valence-corrected chi connectivity index (χ4v) is 3.52. The Kier molecular flexibility index (Phi) is 4.96. The third-order valence-corrected chi connectivity index (χ3v) is 4.82. The van der Waals surface area contributed by atoms with Crippen LogP contribution < -0.4 is 5.32 Å². The molecule has 1 N–H and O–H groups in total. The molecule has 2 heterocycles. The summed E-state index contributed by atoms with van der Waals surface area (Å²) in [5.41, 5.74) is 0.814. The highest BCUT2D eigenvalue weighted by atomic mass is 35.5. The third-order valence-electron chi connectivity index (χ3n) is 4.45. The van der Waals surface area contributed by atoms with Gasteiger partial charge in [0.05, 0.1) is 6.54 Å². The number of carbonyl (C=O) groups excluding carboxylic acids is 1. The normalized spacial score (nSPS) is 23.8. The molecule has 2 aliphatic rings. The Morgan fingerprint density at radius 3 is 3.05 bits per heavy atom. The minimum absolute atomic E-state index is 0.182. The molecule has 2 saturated heterocycles. The molecule has 120 valence electrons. The first kappa shape index (κ1) is 15.7. The van der Waals surface area contributed by atoms with Gasteiger partial charge in [0.1, 0.15) is 5.82 Å². The van der Waals surface area contributed by atoms with Gasteiger partial charge < -0.3 is 10.2 Å². The molecule has 0 saturated carbocycles. The minimum atomic E-state index is -0.259. The van der Waals surface area contributed by atoms with E-state index in [0.717, 1.165) is 44.6 Å². The van der Waals surface area contributed by atoms with Crippen LogP contribution in [0.5, 0.6) is 0 Å². The number of piperazine rings is 1. The Labute approximate surface area is 135 Å². The summed E-state index contributed by atoms with van der Waals surface area (Å²) < 4.78 is 13.4. The first-order valence-electron chi connectivity index (χ1n) is 7.80. The number of hydrogen-bond donors (Lipinski definition) is 1. The highest BCUT2D eigenvalue weighted by Gasteiger charge is 2.30. The van der Waals surface area contributed by atoms with E-state index in [2.05, 4.69) is 10.2 Å². The predicted molar refractivity (Wildman–Crippen MR) is 84.3 cm³/mol. The molecule has 1 aromatic rings. The van der Waals surface area contributed by atoms with Gasteiger partial charge in [0, 0.05) is 37.2 Å². The van der Waals surface area contributed by atoms with Crippen molar-refractivity contribution in [3.63, 3.8) is 0 Å². The van der Waals surface area contributed by atoms with E-state index in [1.54, 1.807) is 6.07 Å². The molecule has 1 unspecified atom stereocenters. The van der Waals surface area contributed by atoms with Gasteiger partial charge in [-0.1, -0.05) is 11.6 Å². The standard InChI is InChI=1S/C16H21ClFN3O/c17-15-4-3-13(18)8-12(15)10-20-6-1-2-14(11-20)21-7-5-19-9-16(21)22/h3-4,8,14,19H,1-2,5-7,9-11H2. The zero-order valence-corrected chi connectivity index (χ0v) is 13.3. The lowest BCUT2D eigenvalue weighted by molar-refractivity contribution is -0.135. The van der Waals surface area contributed by atoms with E-state index >= 15 is 0 Å². The zero-order valence-electron chi connectivity index (χ0n) is 12.5. The molecule has 22 heavy (non-hydrogen) atoms. The van der Waals surface area contributed by atoms with Crippen LogP contribution in [0.3, 0.4) is 0 Å². The molecule has 3 rings (SSSR count). The number of halogens is 2. The number of amides is 1. The summed E-state index contributed by atoms with van der Waals surface area (Å²) in [6.45, 7) is 4.50. The van der Waals surface area contributed by atoms with Gasteiger partial charge in [-0.25, -0.2) is 4.39 Å². The molecule has 2 fully saturated rings. The highest BCUT2D eigenvalue weighted by Crippen LogP contribution is 2.23. The van der Waals surface area contributed by atoms with Gasteiger partial charge in [-0.05, 0) is 43.1 Å². The average molecular weight is 326 g/mol. The van der Waals surface area contributed by atoms with Crippen LogP contribution in [-0.2, 0) is 11.3 Å². The fourth-order valence-electron chi connectivity index (χ4n) is 3.34. The Morgan fingerprint density at radius 1 is 1.36 bits per heavy atom. The Morgan fingerprint density at radius 2 is 2.23 bits per heavy atom. The van der Waals surface area contributed by atoms with E-state index in [9.17, 15) is 9.18 Å². The third kappa shape index (κ3) is 3.59. The molecule has 0 aromatic heterocycles. The summed E-state index contributed by atoms with van der Waals surface area (Å²) in [5.74, 6) is -0.0767.